The first-order valence-corrected chi connectivity index (χ1v) is 8.55. The summed E-state index contributed by atoms with van der Waals surface area (Å²) < 4.78 is 0. The van der Waals surface area contributed by atoms with E-state index in [1.807, 2.05) is 17.4 Å². The number of thiophene rings is 1. The van der Waals surface area contributed by atoms with Crippen LogP contribution < -0.4 is 10.6 Å². The average Bonchev–Trinajstić information content (AvgIpc) is 2.97. The lowest BCUT2D eigenvalue weighted by Gasteiger charge is -2.31. The van der Waals surface area contributed by atoms with Gasteiger partial charge in [0.25, 0.3) is 0 Å². The third-order valence-corrected chi connectivity index (χ3v) is 4.76. The molecule has 0 amide bonds. The number of nitrogens with one attached hydrogen (secondary N) is 2. The standard InChI is InChI=1S/C16H26N4S/c1-4-8-18-16(17-5-2)19-11-13(3)20-9-6-15-14(12-20)7-10-21-15/h4,7,10,13H,1,5-6,8-9,11-12H2,2-3H3,(H2,17,18,19). The van der Waals surface area contributed by atoms with Crippen molar-refractivity contribution in [2.24, 2.45) is 4.99 Å². The Balaban J connectivity index is 1.88. The molecule has 1 aromatic rings. The molecule has 0 fully saturated rings. The molecular weight excluding hydrogens is 280 g/mol. The van der Waals surface area contributed by atoms with E-state index in [0.29, 0.717) is 6.04 Å². The quantitative estimate of drug-likeness (QED) is 0.481. The van der Waals surface area contributed by atoms with Crippen LogP contribution in [0.2, 0.25) is 0 Å². The van der Waals surface area contributed by atoms with Crippen LogP contribution in [0.25, 0.3) is 0 Å². The van der Waals surface area contributed by atoms with Crippen LogP contribution in [0.5, 0.6) is 0 Å². The Hall–Kier alpha value is -1.33. The van der Waals surface area contributed by atoms with Crippen LogP contribution in [0.15, 0.2) is 29.1 Å². The predicted octanol–water partition coefficient (Wildman–Crippen LogP) is 2.24. The first-order chi connectivity index (χ1) is 10.2. The van der Waals surface area contributed by atoms with E-state index in [9.17, 15) is 0 Å². The summed E-state index contributed by atoms with van der Waals surface area (Å²) in [6.45, 7) is 12.7. The number of hydrogen-bond acceptors (Lipinski definition) is 3. The number of hydrogen-bond donors (Lipinski definition) is 2. The fourth-order valence-corrected chi connectivity index (χ4v) is 3.39. The minimum atomic E-state index is 0.456. The smallest absolute Gasteiger partial charge is 0.191 e. The molecule has 0 aliphatic carbocycles. The summed E-state index contributed by atoms with van der Waals surface area (Å²) in [5.74, 6) is 0.873. The van der Waals surface area contributed by atoms with Gasteiger partial charge in [0.15, 0.2) is 5.96 Å². The highest BCUT2D eigenvalue weighted by molar-refractivity contribution is 7.10. The Morgan fingerprint density at radius 1 is 1.57 bits per heavy atom. The lowest BCUT2D eigenvalue weighted by atomic mass is 10.1. The fraction of sp³-hybridized carbons (Fsp3) is 0.562. The Kier molecular flexibility index (Phi) is 6.26. The minimum Gasteiger partial charge on any atom is -0.357 e. The number of guanidine groups is 1. The molecule has 0 spiro atoms. The number of nitrogens with zero attached hydrogens (tertiary/aromatic N) is 2. The molecule has 1 aliphatic heterocycles. The topological polar surface area (TPSA) is 39.7 Å². The molecule has 2 rings (SSSR count). The lowest BCUT2D eigenvalue weighted by molar-refractivity contribution is 0.197. The average molecular weight is 306 g/mol. The molecule has 21 heavy (non-hydrogen) atoms. The maximum atomic E-state index is 4.68. The maximum absolute atomic E-state index is 4.68. The van der Waals surface area contributed by atoms with Crippen LogP contribution in [-0.4, -0.2) is 43.1 Å². The molecule has 0 saturated heterocycles. The summed E-state index contributed by atoms with van der Waals surface area (Å²) in [5, 5.41) is 8.71. The minimum absolute atomic E-state index is 0.456. The van der Waals surface area contributed by atoms with Crippen molar-refractivity contribution in [3.8, 4) is 0 Å². The van der Waals surface area contributed by atoms with Gasteiger partial charge in [-0.15, -0.1) is 17.9 Å². The summed E-state index contributed by atoms with van der Waals surface area (Å²) in [7, 11) is 0. The second-order valence-corrected chi connectivity index (χ2v) is 6.33. The van der Waals surface area contributed by atoms with E-state index in [1.54, 1.807) is 4.88 Å². The van der Waals surface area contributed by atoms with Crippen molar-refractivity contribution in [3.05, 3.63) is 34.5 Å². The zero-order valence-electron chi connectivity index (χ0n) is 13.1. The zero-order chi connectivity index (χ0) is 15.1. The van der Waals surface area contributed by atoms with Gasteiger partial charge in [-0.25, -0.2) is 0 Å². The van der Waals surface area contributed by atoms with Gasteiger partial charge in [-0.3, -0.25) is 9.89 Å². The van der Waals surface area contributed by atoms with Gasteiger partial charge in [-0.05, 0) is 37.3 Å². The molecule has 2 heterocycles. The van der Waals surface area contributed by atoms with Crippen molar-refractivity contribution >= 4 is 17.3 Å². The van der Waals surface area contributed by atoms with Gasteiger partial charge in [0.2, 0.25) is 0 Å². The predicted molar refractivity (Wildman–Crippen MR) is 92.1 cm³/mol. The molecule has 5 heteroatoms. The van der Waals surface area contributed by atoms with Gasteiger partial charge >= 0.3 is 0 Å². The van der Waals surface area contributed by atoms with E-state index in [4.69, 9.17) is 0 Å². The monoisotopic (exact) mass is 306 g/mol. The fourth-order valence-electron chi connectivity index (χ4n) is 2.50. The maximum Gasteiger partial charge on any atom is 0.191 e. The van der Waals surface area contributed by atoms with Crippen LogP contribution >= 0.6 is 11.3 Å². The highest BCUT2D eigenvalue weighted by Gasteiger charge is 2.21. The van der Waals surface area contributed by atoms with Gasteiger partial charge in [0, 0.05) is 37.1 Å². The largest absolute Gasteiger partial charge is 0.357 e. The molecule has 116 valence electrons. The SMILES string of the molecule is C=CCNC(=NCC(C)N1CCc2sccc2C1)NCC. The number of aliphatic imine (C=N–C) groups is 1. The molecule has 1 aliphatic rings. The summed E-state index contributed by atoms with van der Waals surface area (Å²) in [6, 6.07) is 2.72. The molecule has 0 radical (unpaired) electrons. The first kappa shape index (κ1) is 16.0. The van der Waals surface area contributed by atoms with E-state index in [-0.39, 0.29) is 0 Å². The van der Waals surface area contributed by atoms with E-state index in [2.05, 4.69) is 52.4 Å². The van der Waals surface area contributed by atoms with E-state index in [0.717, 1.165) is 38.7 Å². The molecule has 1 unspecified atom stereocenters. The zero-order valence-corrected chi connectivity index (χ0v) is 13.9. The van der Waals surface area contributed by atoms with Crippen molar-refractivity contribution in [1.29, 1.82) is 0 Å². The van der Waals surface area contributed by atoms with Crippen LogP contribution in [0, 0.1) is 0 Å². The van der Waals surface area contributed by atoms with Crippen LogP contribution in [-0.2, 0) is 13.0 Å². The number of fused-ring (bicyclic) bond motifs is 1. The van der Waals surface area contributed by atoms with Crippen molar-refractivity contribution in [3.63, 3.8) is 0 Å². The van der Waals surface area contributed by atoms with Crippen molar-refractivity contribution < 1.29 is 0 Å². The normalized spacial score (nSPS) is 17.1. The summed E-state index contributed by atoms with van der Waals surface area (Å²) in [6.07, 6.45) is 3.02. The number of rotatable bonds is 6. The highest BCUT2D eigenvalue weighted by Crippen LogP contribution is 2.25. The van der Waals surface area contributed by atoms with E-state index in [1.165, 1.54) is 12.0 Å². The molecule has 1 aromatic heterocycles. The van der Waals surface area contributed by atoms with E-state index >= 15 is 0 Å². The molecule has 1 atom stereocenters. The van der Waals surface area contributed by atoms with Gasteiger partial charge in [-0.1, -0.05) is 6.08 Å². The molecular formula is C16H26N4S. The highest BCUT2D eigenvalue weighted by atomic mass is 32.1. The Morgan fingerprint density at radius 2 is 2.43 bits per heavy atom. The third kappa shape index (κ3) is 4.58. The molecule has 0 aromatic carbocycles. The van der Waals surface area contributed by atoms with Crippen LogP contribution in [0.1, 0.15) is 24.3 Å². The summed E-state index contributed by atoms with van der Waals surface area (Å²) >= 11 is 1.89. The molecule has 0 bridgehead atoms. The van der Waals surface area contributed by atoms with Crippen molar-refractivity contribution in [2.45, 2.75) is 32.9 Å². The van der Waals surface area contributed by atoms with Gasteiger partial charge in [0.1, 0.15) is 0 Å². The molecule has 4 nitrogen and oxygen atoms in total. The van der Waals surface area contributed by atoms with Crippen LogP contribution in [0.3, 0.4) is 0 Å². The lowest BCUT2D eigenvalue weighted by Crippen LogP contribution is -2.41. The second-order valence-electron chi connectivity index (χ2n) is 5.33. The Morgan fingerprint density at radius 3 is 3.19 bits per heavy atom. The molecule has 2 N–H and O–H groups in total. The Labute approximate surface area is 132 Å². The van der Waals surface area contributed by atoms with Gasteiger partial charge in [0.05, 0.1) is 6.54 Å². The first-order valence-electron chi connectivity index (χ1n) is 7.67. The van der Waals surface area contributed by atoms with Crippen molar-refractivity contribution in [2.75, 3.05) is 26.2 Å². The van der Waals surface area contributed by atoms with E-state index < -0.39 is 0 Å². The van der Waals surface area contributed by atoms with Crippen molar-refractivity contribution in [1.82, 2.24) is 15.5 Å². The second kappa shape index (κ2) is 8.20. The summed E-state index contributed by atoms with van der Waals surface area (Å²) in [4.78, 5) is 8.76. The van der Waals surface area contributed by atoms with Gasteiger partial charge < -0.3 is 10.6 Å². The Bertz CT molecular complexity index is 480. The van der Waals surface area contributed by atoms with Gasteiger partial charge in [-0.2, -0.15) is 0 Å². The van der Waals surface area contributed by atoms with Crippen LogP contribution in [0.4, 0.5) is 0 Å². The molecule has 0 saturated carbocycles. The third-order valence-electron chi connectivity index (χ3n) is 3.73. The summed E-state index contributed by atoms with van der Waals surface area (Å²) in [5.41, 5.74) is 1.50.